The number of ether oxygens (including phenoxy) is 2. The number of hydrogen-bond acceptors (Lipinski definition) is 4. The van der Waals surface area contributed by atoms with Crippen molar-refractivity contribution in [2.45, 2.75) is 26.4 Å². The smallest absolute Gasteiger partial charge is 0.258 e. The van der Waals surface area contributed by atoms with Gasteiger partial charge in [-0.3, -0.25) is 4.79 Å². The van der Waals surface area contributed by atoms with Crippen LogP contribution in [0.25, 0.3) is 21.9 Å². The first-order valence-electron chi connectivity index (χ1n) is 10.5. The van der Waals surface area contributed by atoms with Crippen LogP contribution in [0.15, 0.2) is 54.7 Å². The molecule has 1 amide bonds. The predicted octanol–water partition coefficient (Wildman–Crippen LogP) is 4.06. The van der Waals surface area contributed by atoms with Gasteiger partial charge in [0.1, 0.15) is 11.6 Å². The summed E-state index contributed by atoms with van der Waals surface area (Å²) >= 11 is 0. The van der Waals surface area contributed by atoms with Gasteiger partial charge in [0.15, 0.2) is 6.61 Å². The molecular formula is C24H28N4O3. The molecule has 0 saturated carbocycles. The van der Waals surface area contributed by atoms with Crippen molar-refractivity contribution in [1.82, 2.24) is 19.9 Å². The fourth-order valence-electron chi connectivity index (χ4n) is 3.73. The summed E-state index contributed by atoms with van der Waals surface area (Å²) in [5, 5.41) is 4.04. The van der Waals surface area contributed by atoms with Crippen LogP contribution >= 0.6 is 0 Å². The number of fused-ring (bicyclic) bond motifs is 2. The van der Waals surface area contributed by atoms with Crippen molar-refractivity contribution < 1.29 is 14.3 Å². The Morgan fingerprint density at radius 2 is 2.00 bits per heavy atom. The quantitative estimate of drug-likeness (QED) is 0.428. The number of carbonyl (C=O) groups is 1. The van der Waals surface area contributed by atoms with Gasteiger partial charge < -0.3 is 24.3 Å². The van der Waals surface area contributed by atoms with Crippen LogP contribution in [0.2, 0.25) is 0 Å². The number of H-pyrrole nitrogens is 1. The van der Waals surface area contributed by atoms with E-state index in [4.69, 9.17) is 9.47 Å². The topological polar surface area (TPSA) is 81.2 Å². The van der Waals surface area contributed by atoms with Crippen molar-refractivity contribution in [2.75, 3.05) is 20.3 Å². The SMILES string of the molecule is COCCn1ccc2c(OCC(=O)NC(c3nc4ccccc4[nH]3)C(C)C)cccc21. The number of nitrogens with zero attached hydrogens (tertiary/aromatic N) is 2. The number of hydrogen-bond donors (Lipinski definition) is 2. The molecule has 0 radical (unpaired) electrons. The Bertz CT molecular complexity index is 1140. The van der Waals surface area contributed by atoms with Crippen LogP contribution in [0.3, 0.4) is 0 Å². The monoisotopic (exact) mass is 420 g/mol. The molecule has 0 aliphatic rings. The number of carbonyl (C=O) groups excluding carboxylic acids is 1. The van der Waals surface area contributed by atoms with Gasteiger partial charge >= 0.3 is 0 Å². The van der Waals surface area contributed by atoms with Crippen molar-refractivity contribution in [3.63, 3.8) is 0 Å². The number of benzene rings is 2. The van der Waals surface area contributed by atoms with Gasteiger partial charge in [-0.1, -0.05) is 32.0 Å². The summed E-state index contributed by atoms with van der Waals surface area (Å²) in [6.45, 7) is 5.45. The fraction of sp³-hybridized carbons (Fsp3) is 0.333. The molecule has 2 heterocycles. The second-order valence-electron chi connectivity index (χ2n) is 7.91. The average Bonchev–Trinajstić information content (AvgIpc) is 3.38. The highest BCUT2D eigenvalue weighted by Gasteiger charge is 2.22. The van der Waals surface area contributed by atoms with Gasteiger partial charge in [-0.2, -0.15) is 0 Å². The van der Waals surface area contributed by atoms with E-state index in [-0.39, 0.29) is 24.5 Å². The molecule has 0 aliphatic heterocycles. The number of aromatic nitrogens is 3. The number of para-hydroxylation sites is 2. The molecule has 7 nitrogen and oxygen atoms in total. The first-order valence-corrected chi connectivity index (χ1v) is 10.5. The standard InChI is InChI=1S/C24H28N4O3/c1-16(2)23(24-25-18-7-4-5-8-19(18)26-24)27-22(29)15-31-21-10-6-9-20-17(21)11-12-28(20)13-14-30-3/h4-12,16,23H,13-15H2,1-3H3,(H,25,26)(H,27,29). The van der Waals surface area contributed by atoms with Crippen molar-refractivity contribution in [1.29, 1.82) is 0 Å². The minimum absolute atomic E-state index is 0.0637. The van der Waals surface area contributed by atoms with Gasteiger partial charge in [0, 0.05) is 25.2 Å². The molecule has 2 aromatic carbocycles. The van der Waals surface area contributed by atoms with Gasteiger partial charge in [-0.25, -0.2) is 4.98 Å². The van der Waals surface area contributed by atoms with E-state index in [1.807, 2.05) is 54.7 Å². The Hall–Kier alpha value is -3.32. The predicted molar refractivity (Wildman–Crippen MR) is 121 cm³/mol. The maximum Gasteiger partial charge on any atom is 0.258 e. The summed E-state index contributed by atoms with van der Waals surface area (Å²) in [7, 11) is 1.69. The van der Waals surface area contributed by atoms with E-state index in [1.165, 1.54) is 0 Å². The van der Waals surface area contributed by atoms with E-state index in [0.29, 0.717) is 12.4 Å². The molecule has 4 rings (SSSR count). The summed E-state index contributed by atoms with van der Waals surface area (Å²) in [6, 6.07) is 15.5. The summed E-state index contributed by atoms with van der Waals surface area (Å²) in [5.41, 5.74) is 2.90. The fourth-order valence-corrected chi connectivity index (χ4v) is 3.73. The van der Waals surface area contributed by atoms with Crippen LogP contribution in [0, 0.1) is 5.92 Å². The van der Waals surface area contributed by atoms with E-state index in [0.717, 1.165) is 34.3 Å². The maximum atomic E-state index is 12.7. The van der Waals surface area contributed by atoms with Crippen LogP contribution in [0.4, 0.5) is 0 Å². The minimum Gasteiger partial charge on any atom is -0.483 e. The molecule has 1 unspecified atom stereocenters. The summed E-state index contributed by atoms with van der Waals surface area (Å²) in [6.07, 6.45) is 2.01. The van der Waals surface area contributed by atoms with Crippen molar-refractivity contribution in [3.8, 4) is 5.75 Å². The Balaban J connectivity index is 1.45. The highest BCUT2D eigenvalue weighted by Crippen LogP contribution is 2.27. The molecular weight excluding hydrogens is 392 g/mol. The third-order valence-electron chi connectivity index (χ3n) is 5.35. The van der Waals surface area contributed by atoms with Crippen molar-refractivity contribution in [2.24, 2.45) is 5.92 Å². The molecule has 0 saturated heterocycles. The van der Waals surface area contributed by atoms with Crippen LogP contribution < -0.4 is 10.1 Å². The largest absolute Gasteiger partial charge is 0.483 e. The Morgan fingerprint density at radius 1 is 1.16 bits per heavy atom. The van der Waals surface area contributed by atoms with E-state index in [2.05, 4.69) is 33.7 Å². The number of amides is 1. The second-order valence-corrected chi connectivity index (χ2v) is 7.91. The average molecular weight is 421 g/mol. The molecule has 162 valence electrons. The molecule has 0 bridgehead atoms. The molecule has 2 aromatic heterocycles. The van der Waals surface area contributed by atoms with Crippen molar-refractivity contribution in [3.05, 3.63) is 60.6 Å². The zero-order chi connectivity index (χ0) is 21.8. The van der Waals surface area contributed by atoms with E-state index in [1.54, 1.807) is 7.11 Å². The van der Waals surface area contributed by atoms with Crippen LogP contribution in [-0.4, -0.2) is 40.8 Å². The number of rotatable bonds is 9. The lowest BCUT2D eigenvalue weighted by molar-refractivity contribution is -0.124. The third-order valence-corrected chi connectivity index (χ3v) is 5.35. The lowest BCUT2D eigenvalue weighted by Crippen LogP contribution is -2.35. The maximum absolute atomic E-state index is 12.7. The van der Waals surface area contributed by atoms with Crippen LogP contribution in [0.5, 0.6) is 5.75 Å². The number of imidazole rings is 1. The van der Waals surface area contributed by atoms with Gasteiger partial charge in [-0.05, 0) is 36.2 Å². The Morgan fingerprint density at radius 3 is 2.77 bits per heavy atom. The van der Waals surface area contributed by atoms with Gasteiger partial charge in [0.05, 0.1) is 29.2 Å². The van der Waals surface area contributed by atoms with E-state index in [9.17, 15) is 4.79 Å². The summed E-state index contributed by atoms with van der Waals surface area (Å²) < 4.78 is 13.2. The van der Waals surface area contributed by atoms with Gasteiger partial charge in [0.2, 0.25) is 0 Å². The lowest BCUT2D eigenvalue weighted by atomic mass is 10.0. The number of nitrogens with one attached hydrogen (secondary N) is 2. The lowest BCUT2D eigenvalue weighted by Gasteiger charge is -2.20. The zero-order valence-electron chi connectivity index (χ0n) is 18.1. The second kappa shape index (κ2) is 9.22. The third kappa shape index (κ3) is 4.56. The highest BCUT2D eigenvalue weighted by atomic mass is 16.5. The van der Waals surface area contributed by atoms with Gasteiger partial charge in [0.25, 0.3) is 5.91 Å². The molecule has 31 heavy (non-hydrogen) atoms. The highest BCUT2D eigenvalue weighted by molar-refractivity contribution is 5.87. The van der Waals surface area contributed by atoms with Gasteiger partial charge in [-0.15, -0.1) is 0 Å². The van der Waals surface area contributed by atoms with Crippen LogP contribution in [-0.2, 0) is 16.1 Å². The Kier molecular flexibility index (Phi) is 6.23. The first kappa shape index (κ1) is 20.9. The van der Waals surface area contributed by atoms with Crippen molar-refractivity contribution >= 4 is 27.8 Å². The summed E-state index contributed by atoms with van der Waals surface area (Å²) in [5.74, 6) is 1.42. The first-order chi connectivity index (χ1) is 15.1. The Labute approximate surface area is 181 Å². The van der Waals surface area contributed by atoms with E-state index >= 15 is 0 Å². The molecule has 7 heteroatoms. The zero-order valence-corrected chi connectivity index (χ0v) is 18.1. The number of methoxy groups -OCH3 is 1. The normalized spacial score (nSPS) is 12.5. The molecule has 2 N–H and O–H groups in total. The summed E-state index contributed by atoms with van der Waals surface area (Å²) in [4.78, 5) is 20.7. The van der Waals surface area contributed by atoms with Crippen LogP contribution in [0.1, 0.15) is 25.7 Å². The molecule has 0 aliphatic carbocycles. The van der Waals surface area contributed by atoms with E-state index < -0.39 is 0 Å². The molecule has 1 atom stereocenters. The molecule has 0 spiro atoms. The minimum atomic E-state index is -0.227. The molecule has 4 aromatic rings. The molecule has 0 fully saturated rings. The number of aromatic amines is 1.